The van der Waals surface area contributed by atoms with Crippen LogP contribution in [0.2, 0.25) is 0 Å². The molecule has 0 unspecified atom stereocenters. The van der Waals surface area contributed by atoms with Gasteiger partial charge in [0.05, 0.1) is 28.6 Å². The Morgan fingerprint density at radius 1 is 1.03 bits per heavy atom. The van der Waals surface area contributed by atoms with Gasteiger partial charge < -0.3 is 15.0 Å². The Morgan fingerprint density at radius 3 is 2.58 bits per heavy atom. The summed E-state index contributed by atoms with van der Waals surface area (Å²) in [6.07, 6.45) is 0. The highest BCUT2D eigenvalue weighted by Gasteiger charge is 2.18. The summed E-state index contributed by atoms with van der Waals surface area (Å²) in [5.41, 5.74) is 2.55. The van der Waals surface area contributed by atoms with E-state index in [0.29, 0.717) is 28.7 Å². The van der Waals surface area contributed by atoms with Crippen molar-refractivity contribution in [3.8, 4) is 11.9 Å². The maximum Gasteiger partial charge on any atom is 0.238 e. The van der Waals surface area contributed by atoms with Crippen molar-refractivity contribution in [3.63, 3.8) is 0 Å². The molecule has 0 saturated carbocycles. The molecule has 0 aliphatic carbocycles. The van der Waals surface area contributed by atoms with Crippen LogP contribution in [0.15, 0.2) is 100 Å². The number of nitrogens with zero attached hydrogens (tertiary/aromatic N) is 4. The molecular weight excluding hydrogens is 520 g/mol. The van der Waals surface area contributed by atoms with Crippen molar-refractivity contribution in [2.24, 2.45) is 15.4 Å². The summed E-state index contributed by atoms with van der Waals surface area (Å²) in [6.45, 7) is 0.359. The van der Waals surface area contributed by atoms with Crippen LogP contribution in [-0.2, 0) is 16.6 Å². The predicted molar refractivity (Wildman–Crippen MR) is 150 cm³/mol. The maximum absolute atomic E-state index is 11.6. The maximum atomic E-state index is 11.6. The molecule has 0 aliphatic rings. The van der Waals surface area contributed by atoms with Crippen LogP contribution in [-0.4, -0.2) is 23.2 Å². The average molecular weight is 541 g/mol. The number of primary sulfonamides is 1. The van der Waals surface area contributed by atoms with Crippen molar-refractivity contribution < 1.29 is 13.5 Å². The first kappa shape index (κ1) is 25.0. The smallest absolute Gasteiger partial charge is 0.238 e. The Hall–Kier alpha value is -4.63. The largest absolute Gasteiger partial charge is 0.493 e. The molecule has 0 radical (unpaired) electrons. The summed E-state index contributed by atoms with van der Waals surface area (Å²) in [4.78, 5) is -0.0827. The van der Waals surface area contributed by atoms with Crippen LogP contribution in [0.4, 0.5) is 11.4 Å². The summed E-state index contributed by atoms with van der Waals surface area (Å²) < 4.78 is 24.9. The number of sulfonamides is 1. The molecule has 0 bridgehead atoms. The van der Waals surface area contributed by atoms with Gasteiger partial charge >= 0.3 is 0 Å². The fourth-order valence-electron chi connectivity index (χ4n) is 4.17. The minimum Gasteiger partial charge on any atom is -0.493 e. The van der Waals surface area contributed by atoms with Gasteiger partial charge in [0.25, 0.3) is 0 Å². The van der Waals surface area contributed by atoms with Crippen LogP contribution >= 0.6 is 12.2 Å². The van der Waals surface area contributed by atoms with E-state index in [0.717, 1.165) is 16.3 Å². The number of nitrogens with one attached hydrogen (secondary N) is 1. The van der Waals surface area contributed by atoms with Crippen LogP contribution in [0.1, 0.15) is 11.1 Å². The number of thiocarbonyl (C=S) groups is 1. The summed E-state index contributed by atoms with van der Waals surface area (Å²) in [7, 11) is -3.89. The lowest BCUT2D eigenvalue weighted by Gasteiger charge is -2.08. The molecule has 0 amide bonds. The molecule has 0 fully saturated rings. The van der Waals surface area contributed by atoms with Gasteiger partial charge in [-0.05, 0) is 71.0 Å². The number of fused-ring (bicyclic) bond motifs is 2. The Kier molecular flexibility index (Phi) is 6.61. The molecule has 0 aliphatic heterocycles. The standard InChI is InChI=1S/C27H20N6O3S2/c28-15-17-9-11-24-23(13-17)25(31-32-27(37)30-21-6-3-7-22(14-21)38(29,35)36)26(34)33(24)16-18-8-10-19-4-1-2-5-20(19)12-18/h1-14,34H,16H2,(H,30,37)(H2,29,35,36). The second kappa shape index (κ2) is 10.0. The molecular formula is C27H20N6O3S2. The summed E-state index contributed by atoms with van der Waals surface area (Å²) in [5, 5.41) is 39.4. The van der Waals surface area contributed by atoms with E-state index in [2.05, 4.69) is 27.7 Å². The molecule has 11 heteroatoms. The van der Waals surface area contributed by atoms with E-state index in [1.807, 2.05) is 36.4 Å². The van der Waals surface area contributed by atoms with Gasteiger partial charge in [0, 0.05) is 11.1 Å². The normalized spacial score (nSPS) is 11.7. The van der Waals surface area contributed by atoms with Crippen molar-refractivity contribution in [2.75, 3.05) is 5.32 Å². The molecule has 4 aromatic carbocycles. The molecule has 9 nitrogen and oxygen atoms in total. The molecule has 1 aromatic heterocycles. The van der Waals surface area contributed by atoms with Crippen molar-refractivity contribution in [1.29, 1.82) is 5.26 Å². The molecule has 5 rings (SSSR count). The van der Waals surface area contributed by atoms with Crippen LogP contribution in [0.5, 0.6) is 5.88 Å². The zero-order chi connectivity index (χ0) is 26.9. The van der Waals surface area contributed by atoms with E-state index < -0.39 is 10.0 Å². The zero-order valence-corrected chi connectivity index (χ0v) is 21.4. The second-order valence-electron chi connectivity index (χ2n) is 8.49. The van der Waals surface area contributed by atoms with E-state index in [9.17, 15) is 18.8 Å². The summed E-state index contributed by atoms with van der Waals surface area (Å²) >= 11 is 5.25. The van der Waals surface area contributed by atoms with E-state index in [1.165, 1.54) is 18.2 Å². The monoisotopic (exact) mass is 540 g/mol. The SMILES string of the molecule is N#Cc1ccc2c(c1)c(N=NC(=S)Nc1cccc(S(N)(=O)=O)c1)c(O)n2Cc1ccc2ccccc2c1. The molecule has 5 aromatic rings. The Labute approximate surface area is 223 Å². The van der Waals surface area contributed by atoms with Crippen molar-refractivity contribution >= 4 is 60.4 Å². The van der Waals surface area contributed by atoms with E-state index in [4.69, 9.17) is 17.4 Å². The fourth-order valence-corrected chi connectivity index (χ4v) is 4.88. The number of nitrogens with two attached hydrogens (primary N) is 1. The van der Waals surface area contributed by atoms with E-state index in [1.54, 1.807) is 28.8 Å². The number of nitriles is 1. The molecule has 1 heterocycles. The third-order valence-corrected chi connectivity index (χ3v) is 7.04. The predicted octanol–water partition coefficient (Wildman–Crippen LogP) is 5.55. The Bertz CT molecular complexity index is 1910. The van der Waals surface area contributed by atoms with E-state index in [-0.39, 0.29) is 21.6 Å². The first-order chi connectivity index (χ1) is 18.2. The summed E-state index contributed by atoms with van der Waals surface area (Å²) in [5.74, 6) is -0.133. The number of azo groups is 1. The molecule has 188 valence electrons. The number of hydrogen-bond acceptors (Lipinski definition) is 6. The Balaban J connectivity index is 1.49. The van der Waals surface area contributed by atoms with Gasteiger partial charge in [0.1, 0.15) is 0 Å². The van der Waals surface area contributed by atoms with Gasteiger partial charge in [-0.2, -0.15) is 5.26 Å². The molecule has 0 atom stereocenters. The lowest BCUT2D eigenvalue weighted by atomic mass is 10.1. The number of rotatable bonds is 5. The highest BCUT2D eigenvalue weighted by atomic mass is 32.2. The number of aromatic hydroxyl groups is 1. The lowest BCUT2D eigenvalue weighted by Crippen LogP contribution is -2.13. The average Bonchev–Trinajstić information content (AvgIpc) is 3.16. The highest BCUT2D eigenvalue weighted by Crippen LogP contribution is 2.40. The first-order valence-corrected chi connectivity index (χ1v) is 13.3. The number of anilines is 1. The summed E-state index contributed by atoms with van der Waals surface area (Å²) in [6, 6.07) is 27.0. The Morgan fingerprint density at radius 2 is 1.82 bits per heavy atom. The minimum atomic E-state index is -3.89. The second-order valence-corrected chi connectivity index (χ2v) is 10.4. The topological polar surface area (TPSA) is 146 Å². The van der Waals surface area contributed by atoms with Crippen LogP contribution in [0.25, 0.3) is 21.7 Å². The third-order valence-electron chi connectivity index (χ3n) is 5.95. The molecule has 38 heavy (non-hydrogen) atoms. The number of aromatic nitrogens is 1. The first-order valence-electron chi connectivity index (χ1n) is 11.3. The van der Waals surface area contributed by atoms with Gasteiger partial charge in [-0.25, -0.2) is 13.6 Å². The van der Waals surface area contributed by atoms with Crippen LogP contribution in [0, 0.1) is 11.3 Å². The van der Waals surface area contributed by atoms with Gasteiger partial charge in [0.2, 0.25) is 21.0 Å². The minimum absolute atomic E-state index is 0.0668. The van der Waals surface area contributed by atoms with Crippen LogP contribution in [0.3, 0.4) is 0 Å². The van der Waals surface area contributed by atoms with Gasteiger partial charge in [-0.3, -0.25) is 0 Å². The zero-order valence-electron chi connectivity index (χ0n) is 19.7. The lowest BCUT2D eigenvalue weighted by molar-refractivity contribution is 0.429. The van der Waals surface area contributed by atoms with Crippen LogP contribution < -0.4 is 10.5 Å². The van der Waals surface area contributed by atoms with Gasteiger partial charge in [-0.1, -0.05) is 42.5 Å². The van der Waals surface area contributed by atoms with Crippen molar-refractivity contribution in [3.05, 3.63) is 96.1 Å². The van der Waals surface area contributed by atoms with Crippen molar-refractivity contribution in [2.45, 2.75) is 11.4 Å². The quantitative estimate of drug-likeness (QED) is 0.197. The van der Waals surface area contributed by atoms with Crippen molar-refractivity contribution in [1.82, 2.24) is 4.57 Å². The number of benzene rings is 4. The molecule has 0 saturated heterocycles. The van der Waals surface area contributed by atoms with E-state index >= 15 is 0 Å². The third kappa shape index (κ3) is 5.09. The fraction of sp³-hybridized carbons (Fsp3) is 0.0370. The highest BCUT2D eigenvalue weighted by molar-refractivity contribution is 7.89. The van der Waals surface area contributed by atoms with Gasteiger partial charge in [-0.15, -0.1) is 10.2 Å². The molecule has 4 N–H and O–H groups in total. The molecule has 0 spiro atoms. The number of hydrogen-bond donors (Lipinski definition) is 3. The van der Waals surface area contributed by atoms with Gasteiger partial charge in [0.15, 0.2) is 5.69 Å².